The number of rotatable bonds is 7. The van der Waals surface area contributed by atoms with Gasteiger partial charge < -0.3 is 5.32 Å². The topological polar surface area (TPSA) is 88.7 Å². The van der Waals surface area contributed by atoms with E-state index in [2.05, 4.69) is 20.5 Å². The fourth-order valence-corrected chi connectivity index (χ4v) is 3.35. The largest absolute Gasteiger partial charge is 0.326 e. The summed E-state index contributed by atoms with van der Waals surface area (Å²) in [7, 11) is 0. The monoisotopic (exact) mass is 425 g/mol. The van der Waals surface area contributed by atoms with Gasteiger partial charge in [0, 0.05) is 18.7 Å². The van der Waals surface area contributed by atoms with Gasteiger partial charge in [0.15, 0.2) is 0 Å². The van der Waals surface area contributed by atoms with Crippen molar-refractivity contribution < 1.29 is 4.79 Å². The van der Waals surface area contributed by atoms with Crippen molar-refractivity contribution in [3.63, 3.8) is 0 Å². The van der Waals surface area contributed by atoms with Crippen molar-refractivity contribution in [1.29, 1.82) is 0 Å². The average molecular weight is 425 g/mol. The van der Waals surface area contributed by atoms with Crippen LogP contribution in [0.4, 0.5) is 17.1 Å². The molecule has 0 atom stereocenters. The lowest BCUT2D eigenvalue weighted by Gasteiger charge is -2.08. The van der Waals surface area contributed by atoms with E-state index in [1.165, 1.54) is 0 Å². The second-order valence-corrected chi connectivity index (χ2v) is 7.45. The minimum absolute atomic E-state index is 0.0839. The predicted molar refractivity (Wildman–Crippen MR) is 126 cm³/mol. The van der Waals surface area contributed by atoms with E-state index >= 15 is 0 Å². The molecule has 0 aliphatic rings. The Kier molecular flexibility index (Phi) is 6.46. The highest BCUT2D eigenvalue weighted by atomic mass is 16.1. The first-order valence-corrected chi connectivity index (χ1v) is 10.4. The first-order valence-electron chi connectivity index (χ1n) is 10.4. The van der Waals surface area contributed by atoms with Gasteiger partial charge in [0.25, 0.3) is 5.56 Å². The van der Waals surface area contributed by atoms with Crippen LogP contribution in [0.1, 0.15) is 18.4 Å². The Morgan fingerprint density at radius 1 is 0.938 bits per heavy atom. The van der Waals surface area contributed by atoms with E-state index in [1.54, 1.807) is 41.2 Å². The molecular formula is C25H23N5O2. The van der Waals surface area contributed by atoms with Crippen LogP contribution in [-0.4, -0.2) is 15.5 Å². The predicted octanol–water partition coefficient (Wildman–Crippen LogP) is 5.54. The van der Waals surface area contributed by atoms with Crippen LogP contribution >= 0.6 is 0 Å². The standard InChI is InChI=1S/C25H23N5O2/c1-18-7-5-10-22-24(18)26-17-30(25(22)32)16-6-11-23(31)27-19-12-14-21(15-13-19)29-28-20-8-3-2-4-9-20/h2-5,7-10,12-15,17H,6,11,16H2,1H3,(H,27,31). The van der Waals surface area contributed by atoms with Crippen molar-refractivity contribution in [2.45, 2.75) is 26.3 Å². The Balaban J connectivity index is 1.30. The van der Waals surface area contributed by atoms with Gasteiger partial charge in [-0.3, -0.25) is 14.2 Å². The summed E-state index contributed by atoms with van der Waals surface area (Å²) in [6, 6.07) is 22.2. The van der Waals surface area contributed by atoms with Gasteiger partial charge in [0.2, 0.25) is 5.91 Å². The highest BCUT2D eigenvalue weighted by Gasteiger charge is 2.07. The number of anilines is 1. The molecule has 7 heteroatoms. The number of nitrogens with zero attached hydrogens (tertiary/aromatic N) is 4. The van der Waals surface area contributed by atoms with Crippen molar-refractivity contribution in [3.8, 4) is 0 Å². The summed E-state index contributed by atoms with van der Waals surface area (Å²) in [6.07, 6.45) is 2.39. The van der Waals surface area contributed by atoms with Crippen molar-refractivity contribution >= 4 is 33.9 Å². The molecule has 7 nitrogen and oxygen atoms in total. The van der Waals surface area contributed by atoms with Gasteiger partial charge in [-0.2, -0.15) is 10.2 Å². The fourth-order valence-electron chi connectivity index (χ4n) is 3.35. The van der Waals surface area contributed by atoms with E-state index in [0.717, 1.165) is 16.8 Å². The van der Waals surface area contributed by atoms with E-state index in [1.807, 2.05) is 49.4 Å². The molecule has 0 fully saturated rings. The van der Waals surface area contributed by atoms with Crippen LogP contribution in [0, 0.1) is 6.92 Å². The van der Waals surface area contributed by atoms with Gasteiger partial charge in [-0.05, 0) is 61.4 Å². The summed E-state index contributed by atoms with van der Waals surface area (Å²) in [5.41, 5.74) is 3.77. The summed E-state index contributed by atoms with van der Waals surface area (Å²) in [5, 5.41) is 11.8. The number of hydrogen-bond acceptors (Lipinski definition) is 5. The van der Waals surface area contributed by atoms with Crippen LogP contribution < -0.4 is 10.9 Å². The van der Waals surface area contributed by atoms with E-state index in [-0.39, 0.29) is 11.5 Å². The summed E-state index contributed by atoms with van der Waals surface area (Å²) >= 11 is 0. The molecular weight excluding hydrogens is 402 g/mol. The first-order chi connectivity index (χ1) is 15.6. The van der Waals surface area contributed by atoms with Crippen molar-refractivity contribution in [2.75, 3.05) is 5.32 Å². The summed E-state index contributed by atoms with van der Waals surface area (Å²) in [4.78, 5) is 29.3. The molecule has 1 aromatic heterocycles. The number of carbonyl (C=O) groups excluding carboxylic acids is 1. The zero-order valence-corrected chi connectivity index (χ0v) is 17.7. The number of fused-ring (bicyclic) bond motifs is 1. The van der Waals surface area contributed by atoms with Gasteiger partial charge in [-0.15, -0.1) is 0 Å². The van der Waals surface area contributed by atoms with Crippen LogP contribution in [0.3, 0.4) is 0 Å². The zero-order chi connectivity index (χ0) is 22.3. The maximum Gasteiger partial charge on any atom is 0.261 e. The van der Waals surface area contributed by atoms with Crippen molar-refractivity contribution in [3.05, 3.63) is 95.0 Å². The Labute approximate surface area is 185 Å². The molecule has 3 aromatic carbocycles. The molecule has 0 radical (unpaired) electrons. The molecule has 0 unspecified atom stereocenters. The van der Waals surface area contributed by atoms with E-state index in [4.69, 9.17) is 0 Å². The highest BCUT2D eigenvalue weighted by molar-refractivity contribution is 5.90. The lowest BCUT2D eigenvalue weighted by atomic mass is 10.1. The molecule has 32 heavy (non-hydrogen) atoms. The normalized spacial score (nSPS) is 11.2. The molecule has 160 valence electrons. The number of hydrogen-bond donors (Lipinski definition) is 1. The summed E-state index contributed by atoms with van der Waals surface area (Å²) < 4.78 is 1.56. The molecule has 0 aliphatic heterocycles. The average Bonchev–Trinajstić information content (AvgIpc) is 2.81. The number of aryl methyl sites for hydroxylation is 2. The second kappa shape index (κ2) is 9.78. The summed E-state index contributed by atoms with van der Waals surface area (Å²) in [6.45, 7) is 2.37. The number of azo groups is 1. The first kappa shape index (κ1) is 21.1. The van der Waals surface area contributed by atoms with E-state index < -0.39 is 0 Å². The molecule has 0 spiro atoms. The molecule has 1 heterocycles. The Morgan fingerprint density at radius 2 is 1.66 bits per heavy atom. The maximum atomic E-state index is 12.6. The molecule has 0 saturated heterocycles. The Hall–Kier alpha value is -4.13. The molecule has 0 saturated carbocycles. The minimum Gasteiger partial charge on any atom is -0.326 e. The molecule has 1 N–H and O–H groups in total. The molecule has 0 aliphatic carbocycles. The van der Waals surface area contributed by atoms with E-state index in [0.29, 0.717) is 36.1 Å². The van der Waals surface area contributed by atoms with Gasteiger partial charge in [-0.25, -0.2) is 4.98 Å². The van der Waals surface area contributed by atoms with Crippen LogP contribution in [0.2, 0.25) is 0 Å². The highest BCUT2D eigenvalue weighted by Crippen LogP contribution is 2.20. The third-order valence-corrected chi connectivity index (χ3v) is 5.05. The van der Waals surface area contributed by atoms with Crippen LogP contribution in [-0.2, 0) is 11.3 Å². The Morgan fingerprint density at radius 3 is 2.41 bits per heavy atom. The number of aromatic nitrogens is 2. The van der Waals surface area contributed by atoms with Crippen LogP contribution in [0.15, 0.2) is 94.1 Å². The van der Waals surface area contributed by atoms with Crippen molar-refractivity contribution in [2.24, 2.45) is 10.2 Å². The third-order valence-electron chi connectivity index (χ3n) is 5.05. The lowest BCUT2D eigenvalue weighted by Crippen LogP contribution is -2.22. The molecule has 4 rings (SSSR count). The zero-order valence-electron chi connectivity index (χ0n) is 17.7. The van der Waals surface area contributed by atoms with Crippen molar-refractivity contribution in [1.82, 2.24) is 9.55 Å². The van der Waals surface area contributed by atoms with Gasteiger partial charge in [-0.1, -0.05) is 30.3 Å². The number of benzene rings is 3. The number of para-hydroxylation sites is 1. The number of amides is 1. The lowest BCUT2D eigenvalue weighted by molar-refractivity contribution is -0.116. The van der Waals surface area contributed by atoms with Crippen LogP contribution in [0.25, 0.3) is 10.9 Å². The third kappa shape index (κ3) is 5.13. The van der Waals surface area contributed by atoms with Gasteiger partial charge in [0.05, 0.1) is 28.6 Å². The minimum atomic E-state index is -0.110. The Bertz CT molecular complexity index is 1310. The van der Waals surface area contributed by atoms with E-state index in [9.17, 15) is 9.59 Å². The number of carbonyl (C=O) groups is 1. The molecule has 1 amide bonds. The second-order valence-electron chi connectivity index (χ2n) is 7.45. The smallest absolute Gasteiger partial charge is 0.261 e. The van der Waals surface area contributed by atoms with Gasteiger partial charge >= 0.3 is 0 Å². The number of nitrogens with one attached hydrogen (secondary N) is 1. The van der Waals surface area contributed by atoms with Crippen LogP contribution in [0.5, 0.6) is 0 Å². The quantitative estimate of drug-likeness (QED) is 0.394. The molecule has 0 bridgehead atoms. The molecule has 4 aromatic rings. The fraction of sp³-hybridized carbons (Fsp3) is 0.160. The summed E-state index contributed by atoms with van der Waals surface area (Å²) in [5.74, 6) is -0.110. The SMILES string of the molecule is Cc1cccc2c(=O)n(CCCC(=O)Nc3ccc(N=Nc4ccccc4)cc3)cnc12. The maximum absolute atomic E-state index is 12.6. The van der Waals surface area contributed by atoms with Gasteiger partial charge in [0.1, 0.15) is 0 Å².